The molecule has 0 atom stereocenters. The summed E-state index contributed by atoms with van der Waals surface area (Å²) in [5, 5.41) is 9.49. The van der Waals surface area contributed by atoms with Gasteiger partial charge >= 0.3 is 0 Å². The third-order valence-corrected chi connectivity index (χ3v) is 5.02. The van der Waals surface area contributed by atoms with Gasteiger partial charge in [-0.25, -0.2) is 0 Å². The van der Waals surface area contributed by atoms with Crippen LogP contribution in [0.1, 0.15) is 35.9 Å². The zero-order valence-electron chi connectivity index (χ0n) is 16.4. The number of anilines is 2. The number of hydrogen-bond donors (Lipinski definition) is 2. The number of rotatable bonds is 7. The molecule has 2 aromatic carbocycles. The monoisotopic (exact) mass is 410 g/mol. The maximum Gasteiger partial charge on any atom is 0.256 e. The summed E-state index contributed by atoms with van der Waals surface area (Å²) in [4.78, 5) is 29.7. The van der Waals surface area contributed by atoms with E-state index in [0.717, 1.165) is 4.90 Å². The number of aromatic nitrogens is 2. The smallest absolute Gasteiger partial charge is 0.256 e. The van der Waals surface area contributed by atoms with Gasteiger partial charge in [0.05, 0.1) is 11.3 Å². The van der Waals surface area contributed by atoms with Crippen molar-refractivity contribution in [3.8, 4) is 0 Å². The van der Waals surface area contributed by atoms with Crippen molar-refractivity contribution in [2.24, 2.45) is 5.92 Å². The van der Waals surface area contributed by atoms with Gasteiger partial charge in [0.25, 0.3) is 5.91 Å². The average molecular weight is 410 g/mol. The zero-order chi connectivity index (χ0) is 20.8. The van der Waals surface area contributed by atoms with E-state index < -0.39 is 0 Å². The Bertz CT molecular complexity index is 1020. The first-order chi connectivity index (χ1) is 13.9. The summed E-state index contributed by atoms with van der Waals surface area (Å²) in [6.07, 6.45) is 0. The topological polar surface area (TPSA) is 97.1 Å². The quantitative estimate of drug-likeness (QED) is 0.556. The van der Waals surface area contributed by atoms with Crippen molar-refractivity contribution in [3.63, 3.8) is 0 Å². The van der Waals surface area contributed by atoms with Crippen molar-refractivity contribution < 1.29 is 14.1 Å². The SMILES string of the molecule is Cc1noc(CSc2ccccc2C(=O)Nc2cccc(NC(=O)C(C)C)c2)n1. The lowest BCUT2D eigenvalue weighted by atomic mass is 10.2. The van der Waals surface area contributed by atoms with Crippen LogP contribution in [-0.2, 0) is 10.5 Å². The number of nitrogens with zero attached hydrogens (tertiary/aromatic N) is 2. The van der Waals surface area contributed by atoms with Crippen LogP contribution in [-0.4, -0.2) is 22.0 Å². The molecule has 0 aliphatic rings. The molecule has 0 aliphatic heterocycles. The predicted molar refractivity (Wildman–Crippen MR) is 113 cm³/mol. The molecule has 1 aromatic heterocycles. The Labute approximate surface area is 173 Å². The van der Waals surface area contributed by atoms with Crippen LogP contribution in [0.2, 0.25) is 0 Å². The lowest BCUT2D eigenvalue weighted by Crippen LogP contribution is -2.18. The first-order valence-corrected chi connectivity index (χ1v) is 10.1. The lowest BCUT2D eigenvalue weighted by molar-refractivity contribution is -0.118. The Balaban J connectivity index is 1.70. The van der Waals surface area contributed by atoms with E-state index in [0.29, 0.717) is 34.4 Å². The van der Waals surface area contributed by atoms with Crippen molar-refractivity contribution in [2.75, 3.05) is 10.6 Å². The van der Waals surface area contributed by atoms with Crippen LogP contribution in [0.25, 0.3) is 0 Å². The van der Waals surface area contributed by atoms with Gasteiger partial charge in [-0.3, -0.25) is 9.59 Å². The highest BCUT2D eigenvalue weighted by Gasteiger charge is 2.14. The second-order valence-corrected chi connectivity index (χ2v) is 7.72. The van der Waals surface area contributed by atoms with Gasteiger partial charge in [-0.1, -0.05) is 37.2 Å². The fourth-order valence-corrected chi connectivity index (χ4v) is 3.37. The van der Waals surface area contributed by atoms with Crippen molar-refractivity contribution >= 4 is 35.0 Å². The van der Waals surface area contributed by atoms with E-state index in [9.17, 15) is 9.59 Å². The third kappa shape index (κ3) is 5.68. The maximum absolute atomic E-state index is 12.8. The molecule has 150 valence electrons. The van der Waals surface area contributed by atoms with Gasteiger partial charge in [-0.05, 0) is 37.3 Å². The van der Waals surface area contributed by atoms with Crippen molar-refractivity contribution in [1.29, 1.82) is 0 Å². The van der Waals surface area contributed by atoms with Crippen LogP contribution < -0.4 is 10.6 Å². The Kier molecular flexibility index (Phi) is 6.66. The van der Waals surface area contributed by atoms with Crippen molar-refractivity contribution in [3.05, 3.63) is 65.8 Å². The first kappa shape index (κ1) is 20.6. The molecule has 3 rings (SSSR count). The molecule has 0 aliphatic carbocycles. The van der Waals surface area contributed by atoms with Crippen LogP contribution in [0.3, 0.4) is 0 Å². The molecule has 0 spiro atoms. The average Bonchev–Trinajstić information content (AvgIpc) is 3.12. The van der Waals surface area contributed by atoms with Crippen molar-refractivity contribution in [1.82, 2.24) is 10.1 Å². The summed E-state index contributed by atoms with van der Waals surface area (Å²) in [6.45, 7) is 5.41. The van der Waals surface area contributed by atoms with E-state index in [1.54, 1.807) is 37.3 Å². The predicted octanol–water partition coefficient (Wildman–Crippen LogP) is 4.52. The van der Waals surface area contributed by atoms with E-state index in [-0.39, 0.29) is 17.7 Å². The highest BCUT2D eigenvalue weighted by atomic mass is 32.2. The maximum atomic E-state index is 12.8. The summed E-state index contributed by atoms with van der Waals surface area (Å²) in [5.74, 6) is 1.13. The fourth-order valence-electron chi connectivity index (χ4n) is 2.48. The number of carbonyl (C=O) groups is 2. The van der Waals surface area contributed by atoms with Gasteiger partial charge < -0.3 is 15.2 Å². The molecule has 0 fully saturated rings. The number of benzene rings is 2. The van der Waals surface area contributed by atoms with Gasteiger partial charge in [-0.15, -0.1) is 11.8 Å². The molecule has 29 heavy (non-hydrogen) atoms. The fraction of sp³-hybridized carbons (Fsp3) is 0.238. The number of thioether (sulfide) groups is 1. The number of amides is 2. The minimum Gasteiger partial charge on any atom is -0.338 e. The number of nitrogens with one attached hydrogen (secondary N) is 2. The molecule has 0 unspecified atom stereocenters. The van der Waals surface area contributed by atoms with Gasteiger partial charge in [0.1, 0.15) is 0 Å². The van der Waals surface area contributed by atoms with E-state index in [4.69, 9.17) is 4.52 Å². The largest absolute Gasteiger partial charge is 0.338 e. The zero-order valence-corrected chi connectivity index (χ0v) is 17.2. The highest BCUT2D eigenvalue weighted by Crippen LogP contribution is 2.27. The summed E-state index contributed by atoms with van der Waals surface area (Å²) in [6, 6.07) is 14.4. The summed E-state index contributed by atoms with van der Waals surface area (Å²) in [5.41, 5.74) is 1.78. The molecule has 3 aromatic rings. The second kappa shape index (κ2) is 9.38. The minimum absolute atomic E-state index is 0.0773. The molecular weight excluding hydrogens is 388 g/mol. The molecule has 2 N–H and O–H groups in total. The summed E-state index contributed by atoms with van der Waals surface area (Å²) >= 11 is 1.45. The van der Waals surface area contributed by atoms with Gasteiger partial charge in [-0.2, -0.15) is 4.98 Å². The Morgan fingerprint density at radius 2 is 1.79 bits per heavy atom. The molecule has 0 saturated heterocycles. The van der Waals surface area contributed by atoms with Crippen molar-refractivity contribution in [2.45, 2.75) is 31.4 Å². The third-order valence-electron chi connectivity index (χ3n) is 3.96. The van der Waals surface area contributed by atoms with E-state index in [1.165, 1.54) is 11.8 Å². The van der Waals surface area contributed by atoms with E-state index in [2.05, 4.69) is 20.8 Å². The van der Waals surface area contributed by atoms with E-state index >= 15 is 0 Å². The van der Waals surface area contributed by atoms with Gasteiger partial charge in [0.2, 0.25) is 11.8 Å². The van der Waals surface area contributed by atoms with Gasteiger partial charge in [0, 0.05) is 22.2 Å². The molecule has 0 radical (unpaired) electrons. The van der Waals surface area contributed by atoms with Gasteiger partial charge in [0.15, 0.2) is 5.82 Å². The second-order valence-electron chi connectivity index (χ2n) is 6.70. The Morgan fingerprint density at radius 3 is 2.48 bits per heavy atom. The highest BCUT2D eigenvalue weighted by molar-refractivity contribution is 7.98. The molecular formula is C21H22N4O3S. The molecule has 0 saturated carbocycles. The standard InChI is InChI=1S/C21H22N4O3S/c1-13(2)20(26)23-15-7-6-8-16(11-15)24-21(27)17-9-4-5-10-18(17)29-12-19-22-14(3)25-28-19/h4-11,13H,12H2,1-3H3,(H,23,26)(H,24,27). The Morgan fingerprint density at radius 1 is 1.07 bits per heavy atom. The minimum atomic E-state index is -0.234. The van der Waals surface area contributed by atoms with Crippen LogP contribution in [0.4, 0.5) is 11.4 Å². The summed E-state index contributed by atoms with van der Waals surface area (Å²) in [7, 11) is 0. The summed E-state index contributed by atoms with van der Waals surface area (Å²) < 4.78 is 5.13. The van der Waals surface area contributed by atoms with E-state index in [1.807, 2.05) is 32.0 Å². The number of aryl methyl sites for hydroxylation is 1. The van der Waals surface area contributed by atoms with Crippen LogP contribution in [0.15, 0.2) is 57.9 Å². The molecule has 8 heteroatoms. The Hall–Kier alpha value is -3.13. The number of hydrogen-bond acceptors (Lipinski definition) is 6. The normalized spacial score (nSPS) is 10.8. The van der Waals surface area contributed by atoms with Crippen LogP contribution in [0.5, 0.6) is 0 Å². The molecule has 2 amide bonds. The lowest BCUT2D eigenvalue weighted by Gasteiger charge is -2.12. The molecule has 0 bridgehead atoms. The first-order valence-electron chi connectivity index (χ1n) is 9.15. The molecule has 1 heterocycles. The van der Waals surface area contributed by atoms with Crippen LogP contribution >= 0.6 is 11.8 Å². The molecule has 7 nitrogen and oxygen atoms in total. The van der Waals surface area contributed by atoms with Crippen LogP contribution in [0, 0.1) is 12.8 Å². The number of carbonyl (C=O) groups excluding carboxylic acids is 2.